The highest BCUT2D eigenvalue weighted by atomic mass is 32.2. The number of thiophene rings is 1. The van der Waals surface area contributed by atoms with Crippen molar-refractivity contribution in [3.8, 4) is 11.4 Å². The highest BCUT2D eigenvalue weighted by Gasteiger charge is 2.14. The third-order valence-electron chi connectivity index (χ3n) is 3.44. The average Bonchev–Trinajstić information content (AvgIpc) is 3.31. The minimum atomic E-state index is -0.0600. The number of amides is 1. The first-order valence-corrected chi connectivity index (χ1v) is 9.42. The molecule has 0 fully saturated rings. The van der Waals surface area contributed by atoms with Crippen LogP contribution in [0.4, 0.5) is 0 Å². The molecule has 1 N–H and O–H groups in total. The van der Waals surface area contributed by atoms with E-state index < -0.39 is 0 Å². The lowest BCUT2D eigenvalue weighted by Crippen LogP contribution is -2.27. The minimum absolute atomic E-state index is 0.00863. The standard InChI is InChI=1S/C16H17N5O2S2/c1-11(14-4-3-9-24-14)17-15(22)10-25-16-18-19-20-21(16)12-5-7-13(23-2)8-6-12/h3-9,11H,10H2,1-2H3,(H,17,22). The maximum atomic E-state index is 12.2. The van der Waals surface area contributed by atoms with Crippen molar-refractivity contribution in [3.63, 3.8) is 0 Å². The van der Waals surface area contributed by atoms with Crippen molar-refractivity contribution in [1.29, 1.82) is 0 Å². The Bertz CT molecular complexity index is 817. The summed E-state index contributed by atoms with van der Waals surface area (Å²) in [4.78, 5) is 13.3. The number of thioether (sulfide) groups is 1. The van der Waals surface area contributed by atoms with Gasteiger partial charge in [-0.3, -0.25) is 4.79 Å². The second-order valence-corrected chi connectivity index (χ2v) is 7.09. The van der Waals surface area contributed by atoms with Crippen molar-refractivity contribution < 1.29 is 9.53 Å². The monoisotopic (exact) mass is 375 g/mol. The van der Waals surface area contributed by atoms with Gasteiger partial charge in [0.1, 0.15) is 5.75 Å². The quantitative estimate of drug-likeness (QED) is 0.640. The number of nitrogens with zero attached hydrogens (tertiary/aromatic N) is 4. The summed E-state index contributed by atoms with van der Waals surface area (Å²) in [5, 5.41) is 17.2. The molecule has 0 saturated carbocycles. The van der Waals surface area contributed by atoms with Crippen LogP contribution >= 0.6 is 23.1 Å². The van der Waals surface area contributed by atoms with E-state index in [9.17, 15) is 4.79 Å². The van der Waals surface area contributed by atoms with Gasteiger partial charge in [0.05, 0.1) is 24.6 Å². The Kier molecular flexibility index (Phi) is 5.67. The summed E-state index contributed by atoms with van der Waals surface area (Å²) in [5.74, 6) is 0.940. The van der Waals surface area contributed by atoms with Crippen LogP contribution in [-0.4, -0.2) is 39.0 Å². The van der Waals surface area contributed by atoms with E-state index in [2.05, 4.69) is 20.8 Å². The number of nitrogens with one attached hydrogen (secondary N) is 1. The van der Waals surface area contributed by atoms with Gasteiger partial charge in [0, 0.05) is 4.88 Å². The lowest BCUT2D eigenvalue weighted by Gasteiger charge is -2.11. The van der Waals surface area contributed by atoms with Gasteiger partial charge in [0.2, 0.25) is 11.1 Å². The molecule has 0 aliphatic rings. The van der Waals surface area contributed by atoms with E-state index in [1.54, 1.807) is 23.1 Å². The Balaban J connectivity index is 1.60. The molecule has 3 aromatic rings. The Morgan fingerprint density at radius 1 is 1.36 bits per heavy atom. The summed E-state index contributed by atoms with van der Waals surface area (Å²) in [7, 11) is 1.61. The molecule has 7 nitrogen and oxygen atoms in total. The smallest absolute Gasteiger partial charge is 0.230 e. The lowest BCUT2D eigenvalue weighted by molar-refractivity contribution is -0.119. The Labute approximate surface area is 153 Å². The molecule has 1 amide bonds. The van der Waals surface area contributed by atoms with Gasteiger partial charge in [-0.1, -0.05) is 17.8 Å². The van der Waals surface area contributed by atoms with Crippen LogP contribution in [0.3, 0.4) is 0 Å². The summed E-state index contributed by atoms with van der Waals surface area (Å²) in [6, 6.07) is 11.4. The summed E-state index contributed by atoms with van der Waals surface area (Å²) in [6.45, 7) is 1.97. The zero-order chi connectivity index (χ0) is 17.6. The topological polar surface area (TPSA) is 81.9 Å². The van der Waals surface area contributed by atoms with Crippen LogP contribution in [0.15, 0.2) is 46.9 Å². The van der Waals surface area contributed by atoms with Crippen molar-refractivity contribution in [3.05, 3.63) is 46.7 Å². The van der Waals surface area contributed by atoms with Crippen LogP contribution < -0.4 is 10.1 Å². The Morgan fingerprint density at radius 3 is 2.84 bits per heavy atom. The number of aromatic nitrogens is 4. The molecule has 25 heavy (non-hydrogen) atoms. The molecule has 2 aromatic heterocycles. The Hall–Kier alpha value is -2.39. The molecule has 0 spiro atoms. The molecule has 0 aliphatic carbocycles. The Morgan fingerprint density at radius 2 is 2.16 bits per heavy atom. The number of benzene rings is 1. The van der Waals surface area contributed by atoms with Crippen LogP contribution in [0.25, 0.3) is 5.69 Å². The first kappa shape index (κ1) is 17.4. The van der Waals surface area contributed by atoms with E-state index >= 15 is 0 Å². The van der Waals surface area contributed by atoms with E-state index in [1.807, 2.05) is 48.7 Å². The van der Waals surface area contributed by atoms with Gasteiger partial charge in [-0.15, -0.1) is 16.4 Å². The number of methoxy groups -OCH3 is 1. The highest BCUT2D eigenvalue weighted by Crippen LogP contribution is 2.21. The highest BCUT2D eigenvalue weighted by molar-refractivity contribution is 7.99. The molecule has 9 heteroatoms. The fourth-order valence-corrected chi connectivity index (χ4v) is 3.61. The van der Waals surface area contributed by atoms with E-state index in [1.165, 1.54) is 11.8 Å². The molecule has 130 valence electrons. The van der Waals surface area contributed by atoms with Crippen molar-refractivity contribution in [1.82, 2.24) is 25.5 Å². The number of hydrogen-bond acceptors (Lipinski definition) is 7. The van der Waals surface area contributed by atoms with E-state index in [4.69, 9.17) is 4.74 Å². The SMILES string of the molecule is COc1ccc(-n2nnnc2SCC(=O)NC(C)c2cccs2)cc1. The predicted molar refractivity (Wildman–Crippen MR) is 97.3 cm³/mol. The molecule has 3 rings (SSSR count). The maximum absolute atomic E-state index is 12.2. The van der Waals surface area contributed by atoms with Gasteiger partial charge in [0.25, 0.3) is 0 Å². The zero-order valence-corrected chi connectivity index (χ0v) is 15.4. The molecule has 0 saturated heterocycles. The molecule has 0 aliphatic heterocycles. The molecule has 0 bridgehead atoms. The molecule has 2 heterocycles. The second kappa shape index (κ2) is 8.13. The van der Waals surface area contributed by atoms with Gasteiger partial charge < -0.3 is 10.1 Å². The molecule has 0 radical (unpaired) electrons. The van der Waals surface area contributed by atoms with Crippen molar-refractivity contribution in [2.24, 2.45) is 0 Å². The number of ether oxygens (including phenoxy) is 1. The number of carbonyl (C=O) groups excluding carboxylic acids is 1. The molecular weight excluding hydrogens is 358 g/mol. The van der Waals surface area contributed by atoms with E-state index in [0.717, 1.165) is 16.3 Å². The fraction of sp³-hybridized carbons (Fsp3) is 0.250. The number of hydrogen-bond donors (Lipinski definition) is 1. The number of carbonyl (C=O) groups is 1. The van der Waals surface area contributed by atoms with Crippen molar-refractivity contribution in [2.75, 3.05) is 12.9 Å². The normalized spacial score (nSPS) is 11.9. The first-order valence-electron chi connectivity index (χ1n) is 7.55. The van der Waals surface area contributed by atoms with Crippen molar-refractivity contribution >= 4 is 29.0 Å². The van der Waals surface area contributed by atoms with Gasteiger partial charge >= 0.3 is 0 Å². The third-order valence-corrected chi connectivity index (χ3v) is 5.41. The van der Waals surface area contributed by atoms with Gasteiger partial charge in [-0.25, -0.2) is 0 Å². The first-order chi connectivity index (χ1) is 12.2. The molecule has 1 atom stereocenters. The second-order valence-electron chi connectivity index (χ2n) is 5.16. The molecule has 1 aromatic carbocycles. The summed E-state index contributed by atoms with van der Waals surface area (Å²) in [6.07, 6.45) is 0. The molecular formula is C16H17N5O2S2. The van der Waals surface area contributed by atoms with Gasteiger partial charge in [-0.2, -0.15) is 4.68 Å². The van der Waals surface area contributed by atoms with Crippen molar-refractivity contribution in [2.45, 2.75) is 18.1 Å². The van der Waals surface area contributed by atoms with Crippen LogP contribution in [0.5, 0.6) is 5.75 Å². The average molecular weight is 375 g/mol. The zero-order valence-electron chi connectivity index (χ0n) is 13.7. The van der Waals surface area contributed by atoms with Crippen LogP contribution in [0.2, 0.25) is 0 Å². The van der Waals surface area contributed by atoms with Gasteiger partial charge in [-0.05, 0) is 53.1 Å². The fourth-order valence-electron chi connectivity index (χ4n) is 2.18. The van der Waals surface area contributed by atoms with Crippen LogP contribution in [0.1, 0.15) is 17.8 Å². The number of rotatable bonds is 7. The van der Waals surface area contributed by atoms with Gasteiger partial charge in [0.15, 0.2) is 0 Å². The van der Waals surface area contributed by atoms with Crippen LogP contribution in [-0.2, 0) is 4.79 Å². The maximum Gasteiger partial charge on any atom is 0.230 e. The van der Waals surface area contributed by atoms with E-state index in [0.29, 0.717) is 5.16 Å². The summed E-state index contributed by atoms with van der Waals surface area (Å²) < 4.78 is 6.74. The summed E-state index contributed by atoms with van der Waals surface area (Å²) >= 11 is 2.92. The number of tetrazole rings is 1. The van der Waals surface area contributed by atoms with Crippen LogP contribution in [0, 0.1) is 0 Å². The third kappa shape index (κ3) is 4.37. The minimum Gasteiger partial charge on any atom is -0.497 e. The largest absolute Gasteiger partial charge is 0.497 e. The molecule has 1 unspecified atom stereocenters. The lowest BCUT2D eigenvalue weighted by atomic mass is 10.3. The van der Waals surface area contributed by atoms with E-state index in [-0.39, 0.29) is 17.7 Å². The predicted octanol–water partition coefficient (Wildman–Crippen LogP) is 2.70. The summed E-state index contributed by atoms with van der Waals surface area (Å²) in [5.41, 5.74) is 0.806.